The molecule has 0 aromatic rings. The predicted octanol–water partition coefficient (Wildman–Crippen LogP) is 1.64. The van der Waals surface area contributed by atoms with Gasteiger partial charge in [-0.2, -0.15) is 0 Å². The Kier molecular flexibility index (Phi) is 5.74. The Hall–Kier alpha value is -1.14. The van der Waals surface area contributed by atoms with Gasteiger partial charge < -0.3 is 15.0 Å². The minimum Gasteiger partial charge on any atom is -0.376 e. The summed E-state index contributed by atoms with van der Waals surface area (Å²) in [6.07, 6.45) is 5.93. The fourth-order valence-electron chi connectivity index (χ4n) is 5.08. The quantitative estimate of drug-likeness (QED) is 0.664. The first-order chi connectivity index (χ1) is 13.1. The zero-order chi connectivity index (χ0) is 19.0. The van der Waals surface area contributed by atoms with Crippen LogP contribution in [-0.2, 0) is 14.3 Å². The van der Waals surface area contributed by atoms with Crippen LogP contribution >= 0.6 is 0 Å². The van der Waals surface area contributed by atoms with Gasteiger partial charge >= 0.3 is 0 Å². The Balaban J connectivity index is 1.42. The molecule has 0 aromatic heterocycles. The van der Waals surface area contributed by atoms with Gasteiger partial charge in [-0.05, 0) is 51.4 Å². The summed E-state index contributed by atoms with van der Waals surface area (Å²) in [7, 11) is 0. The topological polar surface area (TPSA) is 61.9 Å². The number of rotatable bonds is 9. The van der Waals surface area contributed by atoms with Crippen molar-refractivity contribution in [3.05, 3.63) is 0 Å². The third-order valence-electron chi connectivity index (χ3n) is 6.91. The van der Waals surface area contributed by atoms with Crippen LogP contribution in [0.4, 0.5) is 0 Å². The molecule has 4 aliphatic rings. The van der Waals surface area contributed by atoms with E-state index in [9.17, 15) is 9.59 Å². The van der Waals surface area contributed by atoms with Gasteiger partial charge in [-0.15, -0.1) is 0 Å². The van der Waals surface area contributed by atoms with Crippen molar-refractivity contribution in [2.45, 2.75) is 70.6 Å². The Labute approximate surface area is 163 Å². The van der Waals surface area contributed by atoms with Crippen LogP contribution < -0.4 is 5.32 Å². The van der Waals surface area contributed by atoms with Crippen LogP contribution in [-0.4, -0.2) is 72.6 Å². The third kappa shape index (κ3) is 4.48. The summed E-state index contributed by atoms with van der Waals surface area (Å²) >= 11 is 0. The second-order valence-corrected chi connectivity index (χ2v) is 8.99. The van der Waals surface area contributed by atoms with E-state index in [4.69, 9.17) is 4.74 Å². The van der Waals surface area contributed by atoms with Gasteiger partial charge in [-0.1, -0.05) is 0 Å². The number of hydrogen-bond acceptors (Lipinski definition) is 4. The maximum Gasteiger partial charge on any atom is 0.225 e. The predicted molar refractivity (Wildman–Crippen MR) is 103 cm³/mol. The minimum absolute atomic E-state index is 0.0361. The Morgan fingerprint density at radius 3 is 2.48 bits per heavy atom. The summed E-state index contributed by atoms with van der Waals surface area (Å²) in [6, 6.07) is 0.802. The van der Waals surface area contributed by atoms with E-state index in [1.165, 1.54) is 12.8 Å². The first-order valence-corrected chi connectivity index (χ1v) is 11.0. The lowest BCUT2D eigenvalue weighted by Gasteiger charge is -2.26. The number of ether oxygens (including phenoxy) is 1. The average molecular weight is 378 g/mol. The van der Waals surface area contributed by atoms with Gasteiger partial charge in [0.15, 0.2) is 0 Å². The van der Waals surface area contributed by atoms with E-state index in [1.807, 2.05) is 18.7 Å². The number of nitrogens with zero attached hydrogens (tertiary/aromatic N) is 2. The Bertz CT molecular complexity index is 557. The molecule has 4 fully saturated rings. The van der Waals surface area contributed by atoms with E-state index in [2.05, 4.69) is 10.2 Å². The van der Waals surface area contributed by atoms with Crippen molar-refractivity contribution in [3.63, 3.8) is 0 Å². The highest BCUT2D eigenvalue weighted by molar-refractivity contribution is 5.77. The molecule has 4 atom stereocenters. The Morgan fingerprint density at radius 1 is 1.11 bits per heavy atom. The molecule has 0 unspecified atom stereocenters. The van der Waals surface area contributed by atoms with Crippen LogP contribution in [0.2, 0.25) is 0 Å². The molecule has 27 heavy (non-hydrogen) atoms. The first-order valence-electron chi connectivity index (χ1n) is 11.0. The normalized spacial score (nSPS) is 33.1. The molecule has 2 saturated heterocycles. The van der Waals surface area contributed by atoms with Crippen LogP contribution in [0.1, 0.15) is 52.4 Å². The van der Waals surface area contributed by atoms with E-state index in [0.717, 1.165) is 44.9 Å². The zero-order valence-corrected chi connectivity index (χ0v) is 16.9. The molecule has 4 rings (SSSR count). The number of nitrogens with one attached hydrogen (secondary N) is 1. The largest absolute Gasteiger partial charge is 0.376 e. The van der Waals surface area contributed by atoms with Gasteiger partial charge in [0.2, 0.25) is 11.8 Å². The number of likely N-dealkylation sites (tertiary alicyclic amines) is 1. The van der Waals surface area contributed by atoms with Crippen LogP contribution in [0, 0.1) is 17.8 Å². The van der Waals surface area contributed by atoms with Crippen molar-refractivity contribution in [2.75, 3.05) is 32.8 Å². The second-order valence-electron chi connectivity index (χ2n) is 8.99. The molecule has 0 bridgehead atoms. The number of amides is 2. The van der Waals surface area contributed by atoms with Crippen molar-refractivity contribution in [3.8, 4) is 0 Å². The summed E-state index contributed by atoms with van der Waals surface area (Å²) in [5, 5.41) is 3.15. The minimum atomic E-state index is -0.0361. The molecule has 0 radical (unpaired) electrons. The van der Waals surface area contributed by atoms with Crippen molar-refractivity contribution >= 4 is 11.8 Å². The second kappa shape index (κ2) is 8.08. The number of carbonyl (C=O) groups excluding carboxylic acids is 2. The van der Waals surface area contributed by atoms with Crippen LogP contribution in [0.25, 0.3) is 0 Å². The standard InChI is InChI=1S/C21H35N3O3/c1-3-23(4-2)20(26)10-18-21-15(9-19(25)22-16-7-8-16)12-24(11-14-5-6-14)17(21)13-27-18/h14-18,21H,3-13H2,1-2H3,(H,22,25)/t15-,17-,18+,21-/m1/s1. The van der Waals surface area contributed by atoms with Crippen molar-refractivity contribution < 1.29 is 14.3 Å². The summed E-state index contributed by atoms with van der Waals surface area (Å²) in [5.41, 5.74) is 0. The van der Waals surface area contributed by atoms with Gasteiger partial charge in [-0.3, -0.25) is 14.5 Å². The highest BCUT2D eigenvalue weighted by Gasteiger charge is 2.52. The smallest absolute Gasteiger partial charge is 0.225 e. The lowest BCUT2D eigenvalue weighted by Crippen LogP contribution is -2.38. The summed E-state index contributed by atoms with van der Waals surface area (Å²) in [5.74, 6) is 1.83. The maximum atomic E-state index is 12.7. The Morgan fingerprint density at radius 2 is 1.85 bits per heavy atom. The highest BCUT2D eigenvalue weighted by atomic mass is 16.5. The summed E-state index contributed by atoms with van der Waals surface area (Å²) in [6.45, 7) is 8.39. The average Bonchev–Trinajstić information content (AvgIpc) is 3.54. The maximum absolute atomic E-state index is 12.7. The van der Waals surface area contributed by atoms with Gasteiger partial charge in [0, 0.05) is 50.6 Å². The summed E-state index contributed by atoms with van der Waals surface area (Å²) < 4.78 is 6.15. The molecule has 2 aliphatic carbocycles. The lowest BCUT2D eigenvalue weighted by atomic mass is 9.84. The number of carbonyl (C=O) groups is 2. The summed E-state index contributed by atoms with van der Waals surface area (Å²) in [4.78, 5) is 29.6. The number of fused-ring (bicyclic) bond motifs is 1. The molecular weight excluding hydrogens is 342 g/mol. The molecule has 2 amide bonds. The molecule has 0 spiro atoms. The van der Waals surface area contributed by atoms with Gasteiger partial charge in [0.1, 0.15) is 0 Å². The molecule has 1 N–H and O–H groups in total. The SMILES string of the molecule is CCN(CC)C(=O)C[C@@H]1OC[C@@H]2[C@H]1[C@H](CC(=O)NC1CC1)CN2CC1CC1. The van der Waals surface area contributed by atoms with Gasteiger partial charge in [0.05, 0.1) is 19.1 Å². The molecule has 2 aliphatic heterocycles. The zero-order valence-electron chi connectivity index (χ0n) is 16.9. The lowest BCUT2D eigenvalue weighted by molar-refractivity contribution is -0.133. The highest BCUT2D eigenvalue weighted by Crippen LogP contribution is 2.43. The van der Waals surface area contributed by atoms with E-state index < -0.39 is 0 Å². The first kappa shape index (κ1) is 19.2. The number of hydrogen-bond donors (Lipinski definition) is 1. The van der Waals surface area contributed by atoms with Crippen molar-refractivity contribution in [1.29, 1.82) is 0 Å². The molecular formula is C21H35N3O3. The third-order valence-corrected chi connectivity index (χ3v) is 6.91. The fraction of sp³-hybridized carbons (Fsp3) is 0.905. The van der Waals surface area contributed by atoms with Crippen LogP contribution in [0.15, 0.2) is 0 Å². The van der Waals surface area contributed by atoms with Crippen molar-refractivity contribution in [1.82, 2.24) is 15.1 Å². The molecule has 6 heteroatoms. The van der Waals surface area contributed by atoms with Gasteiger partial charge in [0.25, 0.3) is 0 Å². The molecule has 0 aromatic carbocycles. The van der Waals surface area contributed by atoms with E-state index in [1.54, 1.807) is 0 Å². The van der Waals surface area contributed by atoms with E-state index in [0.29, 0.717) is 43.4 Å². The van der Waals surface area contributed by atoms with E-state index in [-0.39, 0.29) is 17.9 Å². The molecule has 2 saturated carbocycles. The van der Waals surface area contributed by atoms with Crippen LogP contribution in [0.3, 0.4) is 0 Å². The van der Waals surface area contributed by atoms with E-state index >= 15 is 0 Å². The molecule has 6 nitrogen and oxygen atoms in total. The van der Waals surface area contributed by atoms with Crippen molar-refractivity contribution in [2.24, 2.45) is 17.8 Å². The van der Waals surface area contributed by atoms with Crippen LogP contribution in [0.5, 0.6) is 0 Å². The monoisotopic (exact) mass is 377 g/mol. The molecule has 152 valence electrons. The molecule has 2 heterocycles. The fourth-order valence-corrected chi connectivity index (χ4v) is 5.08. The van der Waals surface area contributed by atoms with Gasteiger partial charge in [-0.25, -0.2) is 0 Å².